The van der Waals surface area contributed by atoms with Crippen molar-refractivity contribution in [2.75, 3.05) is 11.9 Å². The number of thiophene rings is 1. The van der Waals surface area contributed by atoms with E-state index in [4.69, 9.17) is 4.74 Å². The fourth-order valence-corrected chi connectivity index (χ4v) is 4.76. The second-order valence-corrected chi connectivity index (χ2v) is 8.33. The van der Waals surface area contributed by atoms with Crippen molar-refractivity contribution in [1.29, 1.82) is 0 Å². The predicted molar refractivity (Wildman–Crippen MR) is 122 cm³/mol. The smallest absolute Gasteiger partial charge is 0.260 e. The van der Waals surface area contributed by atoms with Crippen LogP contribution < -0.4 is 15.6 Å². The number of nitrogens with zero attached hydrogens (tertiary/aromatic N) is 1. The molecular weight excluding hydrogens is 418 g/mol. The number of carbonyl (C=O) groups excluding carboxylic acids is 1. The summed E-state index contributed by atoms with van der Waals surface area (Å²) in [6, 6.07) is 18.5. The maximum Gasteiger partial charge on any atom is 0.260 e. The topological polar surface area (TPSA) is 84.1 Å². The highest BCUT2D eigenvalue weighted by atomic mass is 32.2. The Kier molecular flexibility index (Phi) is 6.15. The summed E-state index contributed by atoms with van der Waals surface area (Å²) in [6.07, 6.45) is 0. The molecule has 152 valence electrons. The summed E-state index contributed by atoms with van der Waals surface area (Å²) in [4.78, 5) is 33.6. The van der Waals surface area contributed by atoms with Crippen LogP contribution in [0.3, 0.4) is 0 Å². The van der Waals surface area contributed by atoms with Gasteiger partial charge in [0.2, 0.25) is 5.91 Å². The number of benzene rings is 2. The molecule has 8 heteroatoms. The molecule has 2 aromatic heterocycles. The number of aromatic nitrogens is 2. The summed E-state index contributed by atoms with van der Waals surface area (Å²) >= 11 is 2.60. The number of H-pyrrole nitrogens is 1. The van der Waals surface area contributed by atoms with Crippen LogP contribution in [0.2, 0.25) is 0 Å². The van der Waals surface area contributed by atoms with Gasteiger partial charge in [-0.2, -0.15) is 0 Å². The fraction of sp³-hybridized carbons (Fsp3) is 0.136. The number of anilines is 1. The molecule has 30 heavy (non-hydrogen) atoms. The normalized spacial score (nSPS) is 11.9. The monoisotopic (exact) mass is 437 g/mol. The highest BCUT2D eigenvalue weighted by Crippen LogP contribution is 2.36. The van der Waals surface area contributed by atoms with Crippen molar-refractivity contribution in [2.24, 2.45) is 0 Å². The number of hydrogen-bond acceptors (Lipinski definition) is 6. The molecule has 6 nitrogen and oxygen atoms in total. The Balaban J connectivity index is 1.66. The number of nitrogens with one attached hydrogen (secondary N) is 2. The van der Waals surface area contributed by atoms with Gasteiger partial charge in [0.1, 0.15) is 15.8 Å². The number of amides is 1. The van der Waals surface area contributed by atoms with Crippen LogP contribution in [0.4, 0.5) is 5.69 Å². The number of hydrogen-bond donors (Lipinski definition) is 2. The minimum atomic E-state index is -0.610. The largest absolute Gasteiger partial charge is 0.492 e. The summed E-state index contributed by atoms with van der Waals surface area (Å²) < 4.78 is 5.62. The molecule has 0 unspecified atom stereocenters. The van der Waals surface area contributed by atoms with Crippen LogP contribution in [0.1, 0.15) is 17.7 Å². The molecule has 4 rings (SSSR count). The molecule has 4 aromatic rings. The number of thioether (sulfide) groups is 1. The molecule has 1 amide bonds. The Labute approximate surface area is 181 Å². The molecule has 2 aromatic carbocycles. The van der Waals surface area contributed by atoms with Crippen LogP contribution >= 0.6 is 23.1 Å². The van der Waals surface area contributed by atoms with Crippen LogP contribution in [0.15, 0.2) is 76.0 Å². The number of para-hydroxylation sites is 2. The van der Waals surface area contributed by atoms with Crippen LogP contribution in [0.5, 0.6) is 5.75 Å². The summed E-state index contributed by atoms with van der Waals surface area (Å²) in [5.74, 6) is 0.379. The Hall–Kier alpha value is -3.10. The van der Waals surface area contributed by atoms with Crippen molar-refractivity contribution in [2.45, 2.75) is 17.3 Å². The third kappa shape index (κ3) is 4.39. The van der Waals surface area contributed by atoms with E-state index in [9.17, 15) is 9.59 Å². The minimum absolute atomic E-state index is 0.210. The molecule has 0 fully saturated rings. The van der Waals surface area contributed by atoms with E-state index in [-0.39, 0.29) is 11.5 Å². The highest BCUT2D eigenvalue weighted by molar-refractivity contribution is 8.00. The van der Waals surface area contributed by atoms with Crippen molar-refractivity contribution in [3.8, 4) is 5.75 Å². The molecule has 0 aliphatic carbocycles. The number of aromatic amines is 1. The second-order valence-electron chi connectivity index (χ2n) is 6.34. The third-order valence-electron chi connectivity index (χ3n) is 4.33. The van der Waals surface area contributed by atoms with E-state index >= 15 is 0 Å². The maximum absolute atomic E-state index is 13.3. The van der Waals surface area contributed by atoms with E-state index in [1.54, 1.807) is 12.1 Å². The Morgan fingerprint density at radius 3 is 2.73 bits per heavy atom. The molecule has 0 saturated carbocycles. The van der Waals surface area contributed by atoms with Crippen LogP contribution in [-0.2, 0) is 4.79 Å². The highest BCUT2D eigenvalue weighted by Gasteiger charge is 2.24. The van der Waals surface area contributed by atoms with Gasteiger partial charge in [0.25, 0.3) is 5.56 Å². The van der Waals surface area contributed by atoms with E-state index < -0.39 is 5.25 Å². The summed E-state index contributed by atoms with van der Waals surface area (Å²) in [5.41, 5.74) is 1.20. The van der Waals surface area contributed by atoms with Gasteiger partial charge in [0.15, 0.2) is 5.16 Å². The van der Waals surface area contributed by atoms with Gasteiger partial charge in [-0.15, -0.1) is 11.3 Å². The number of ether oxygens (including phenoxy) is 1. The second kappa shape index (κ2) is 9.15. The minimum Gasteiger partial charge on any atom is -0.492 e. The van der Waals surface area contributed by atoms with Crippen molar-refractivity contribution in [1.82, 2.24) is 9.97 Å². The van der Waals surface area contributed by atoms with Gasteiger partial charge in [-0.25, -0.2) is 4.98 Å². The van der Waals surface area contributed by atoms with Crippen molar-refractivity contribution < 1.29 is 9.53 Å². The maximum atomic E-state index is 13.3. The van der Waals surface area contributed by atoms with E-state index in [0.29, 0.717) is 33.4 Å². The first kappa shape index (κ1) is 20.2. The predicted octanol–water partition coefficient (Wildman–Crippen LogP) is 4.86. The summed E-state index contributed by atoms with van der Waals surface area (Å²) in [5, 5.41) is 5.13. The lowest BCUT2D eigenvalue weighted by Gasteiger charge is -2.18. The molecule has 0 bridgehead atoms. The SMILES string of the molecule is CCOc1ccccc1NC(=O)[C@H](Sc1nc2sccc2c(=O)[nH]1)c1ccccc1. The summed E-state index contributed by atoms with van der Waals surface area (Å²) in [7, 11) is 0. The molecule has 0 spiro atoms. The number of carbonyl (C=O) groups is 1. The van der Waals surface area contributed by atoms with Gasteiger partial charge in [-0.3, -0.25) is 9.59 Å². The summed E-state index contributed by atoms with van der Waals surface area (Å²) in [6.45, 7) is 2.39. The van der Waals surface area contributed by atoms with Crippen LogP contribution in [0, 0.1) is 0 Å². The van der Waals surface area contributed by atoms with Crippen LogP contribution in [0.25, 0.3) is 10.2 Å². The molecule has 0 aliphatic heterocycles. The van der Waals surface area contributed by atoms with Crippen LogP contribution in [-0.4, -0.2) is 22.5 Å². The molecular formula is C22H19N3O3S2. The quantitative estimate of drug-likeness (QED) is 0.319. The van der Waals surface area contributed by atoms with E-state index in [2.05, 4.69) is 15.3 Å². The molecule has 0 saturated heterocycles. The van der Waals surface area contributed by atoms with Gasteiger partial charge in [0.05, 0.1) is 17.7 Å². The van der Waals surface area contributed by atoms with E-state index in [1.165, 1.54) is 23.1 Å². The van der Waals surface area contributed by atoms with Gasteiger partial charge < -0.3 is 15.0 Å². The lowest BCUT2D eigenvalue weighted by molar-refractivity contribution is -0.115. The lowest BCUT2D eigenvalue weighted by Crippen LogP contribution is -2.20. The first-order valence-corrected chi connectivity index (χ1v) is 11.1. The zero-order valence-corrected chi connectivity index (χ0v) is 17.8. The standard InChI is InChI=1S/C22H19N3O3S2/c1-2-28-17-11-7-6-10-16(17)23-20(27)18(14-8-4-3-5-9-14)30-22-24-19(26)15-12-13-29-21(15)25-22/h3-13,18H,2H2,1H3,(H,23,27)(H,24,25,26)/t18-/m1/s1. The first-order chi connectivity index (χ1) is 14.7. The van der Waals surface area contributed by atoms with Gasteiger partial charge in [0, 0.05) is 0 Å². The molecule has 1 atom stereocenters. The molecule has 0 aliphatic rings. The van der Waals surface area contributed by atoms with Gasteiger partial charge in [-0.05, 0) is 36.1 Å². The van der Waals surface area contributed by atoms with E-state index in [0.717, 1.165) is 5.56 Å². The third-order valence-corrected chi connectivity index (χ3v) is 6.27. The van der Waals surface area contributed by atoms with Gasteiger partial charge >= 0.3 is 0 Å². The average molecular weight is 438 g/mol. The zero-order chi connectivity index (χ0) is 20.9. The Morgan fingerprint density at radius 1 is 1.17 bits per heavy atom. The number of fused-ring (bicyclic) bond motifs is 1. The van der Waals surface area contributed by atoms with Crippen molar-refractivity contribution in [3.63, 3.8) is 0 Å². The van der Waals surface area contributed by atoms with E-state index in [1.807, 2.05) is 60.8 Å². The Bertz CT molecular complexity index is 1220. The molecule has 0 radical (unpaired) electrons. The zero-order valence-electron chi connectivity index (χ0n) is 16.1. The van der Waals surface area contributed by atoms with Gasteiger partial charge in [-0.1, -0.05) is 54.2 Å². The van der Waals surface area contributed by atoms with Crippen molar-refractivity contribution >= 4 is 44.9 Å². The molecule has 2 N–H and O–H groups in total. The molecule has 2 heterocycles. The Morgan fingerprint density at radius 2 is 1.93 bits per heavy atom. The van der Waals surface area contributed by atoms with Crippen molar-refractivity contribution in [3.05, 3.63) is 82.0 Å². The first-order valence-electron chi connectivity index (χ1n) is 9.37. The fourth-order valence-electron chi connectivity index (χ4n) is 2.96. The average Bonchev–Trinajstić information content (AvgIpc) is 3.23. The number of rotatable bonds is 7. The lowest BCUT2D eigenvalue weighted by atomic mass is 10.1.